The van der Waals surface area contributed by atoms with Gasteiger partial charge in [-0.3, -0.25) is 14.8 Å². The Morgan fingerprint density at radius 1 is 1.17 bits per heavy atom. The van der Waals surface area contributed by atoms with Gasteiger partial charge >= 0.3 is 0 Å². The molecular formula is C23H26FN5O. The monoisotopic (exact) mass is 407 g/mol. The van der Waals surface area contributed by atoms with Crippen molar-refractivity contribution < 1.29 is 9.18 Å². The van der Waals surface area contributed by atoms with Crippen LogP contribution in [0.2, 0.25) is 0 Å². The van der Waals surface area contributed by atoms with Gasteiger partial charge in [0.05, 0.1) is 17.8 Å². The second kappa shape index (κ2) is 9.82. The predicted molar refractivity (Wildman–Crippen MR) is 117 cm³/mol. The maximum absolute atomic E-state index is 14.0. The zero-order valence-electron chi connectivity index (χ0n) is 17.4. The van der Waals surface area contributed by atoms with E-state index in [1.165, 1.54) is 12.1 Å². The van der Waals surface area contributed by atoms with Crippen molar-refractivity contribution in [3.63, 3.8) is 0 Å². The Morgan fingerprint density at radius 3 is 2.70 bits per heavy atom. The van der Waals surface area contributed by atoms with E-state index in [2.05, 4.69) is 27.6 Å². The van der Waals surface area contributed by atoms with Gasteiger partial charge in [0.15, 0.2) is 0 Å². The third kappa shape index (κ3) is 5.53. The predicted octanol–water partition coefficient (Wildman–Crippen LogP) is 4.45. The maximum Gasteiger partial charge on any atom is 0.260 e. The van der Waals surface area contributed by atoms with Crippen molar-refractivity contribution in [1.82, 2.24) is 15.1 Å². The van der Waals surface area contributed by atoms with Crippen molar-refractivity contribution >= 4 is 17.6 Å². The van der Waals surface area contributed by atoms with E-state index in [1.54, 1.807) is 12.1 Å². The van der Waals surface area contributed by atoms with E-state index in [0.29, 0.717) is 6.54 Å². The molecule has 0 aliphatic heterocycles. The first kappa shape index (κ1) is 21.2. The van der Waals surface area contributed by atoms with E-state index >= 15 is 0 Å². The number of nitrogens with one attached hydrogen (secondary N) is 2. The Bertz CT molecular complexity index is 1060. The molecule has 3 aromatic rings. The molecule has 2 aromatic carbocycles. The highest BCUT2D eigenvalue weighted by atomic mass is 19.1. The molecule has 0 fully saturated rings. The van der Waals surface area contributed by atoms with Gasteiger partial charge in [0.2, 0.25) is 5.96 Å². The number of anilines is 1. The molecule has 0 bridgehead atoms. The van der Waals surface area contributed by atoms with Gasteiger partial charge in [-0.2, -0.15) is 5.10 Å². The summed E-state index contributed by atoms with van der Waals surface area (Å²) in [6.45, 7) is 7.18. The van der Waals surface area contributed by atoms with Crippen molar-refractivity contribution in [2.24, 2.45) is 4.99 Å². The SMILES string of the molecule is CCCn1cc(CN=C(NC(=O)c2ccccc2F)Nc2cccc(C)c2)c(C)n1. The van der Waals surface area contributed by atoms with Crippen LogP contribution in [0.3, 0.4) is 0 Å². The van der Waals surface area contributed by atoms with Crippen molar-refractivity contribution in [3.8, 4) is 0 Å². The lowest BCUT2D eigenvalue weighted by molar-refractivity contribution is 0.0973. The van der Waals surface area contributed by atoms with Crippen molar-refractivity contribution in [2.75, 3.05) is 5.32 Å². The van der Waals surface area contributed by atoms with E-state index in [1.807, 2.05) is 49.0 Å². The minimum Gasteiger partial charge on any atom is -0.326 e. The summed E-state index contributed by atoms with van der Waals surface area (Å²) < 4.78 is 15.9. The molecule has 0 saturated heterocycles. The summed E-state index contributed by atoms with van der Waals surface area (Å²) in [5.74, 6) is -0.900. The van der Waals surface area contributed by atoms with Crippen LogP contribution in [0.1, 0.15) is 40.5 Å². The molecule has 0 saturated carbocycles. The average Bonchev–Trinajstić information content (AvgIpc) is 3.06. The Morgan fingerprint density at radius 2 is 1.97 bits per heavy atom. The Labute approximate surface area is 175 Å². The van der Waals surface area contributed by atoms with Crippen LogP contribution < -0.4 is 10.6 Å². The summed E-state index contributed by atoms with van der Waals surface area (Å²) >= 11 is 0. The molecule has 0 spiro atoms. The number of nitrogens with zero attached hydrogens (tertiary/aromatic N) is 3. The minimum atomic E-state index is -0.582. The van der Waals surface area contributed by atoms with E-state index < -0.39 is 11.7 Å². The number of guanidine groups is 1. The van der Waals surface area contributed by atoms with Gasteiger partial charge in [-0.05, 0) is 50.1 Å². The molecule has 0 aliphatic carbocycles. The Balaban J connectivity index is 1.84. The number of halogens is 1. The largest absolute Gasteiger partial charge is 0.326 e. The summed E-state index contributed by atoms with van der Waals surface area (Å²) in [5, 5.41) is 10.3. The topological polar surface area (TPSA) is 71.3 Å². The summed E-state index contributed by atoms with van der Waals surface area (Å²) in [7, 11) is 0. The van der Waals surface area contributed by atoms with Gasteiger partial charge in [-0.25, -0.2) is 9.38 Å². The highest BCUT2D eigenvalue weighted by Crippen LogP contribution is 2.12. The van der Waals surface area contributed by atoms with Crippen LogP contribution in [0, 0.1) is 19.7 Å². The number of rotatable bonds is 6. The maximum atomic E-state index is 14.0. The number of hydrogen-bond acceptors (Lipinski definition) is 3. The van der Waals surface area contributed by atoms with E-state index in [9.17, 15) is 9.18 Å². The standard InChI is InChI=1S/C23H26FN5O/c1-4-12-29-15-18(17(3)28-29)14-25-23(26-19-9-7-8-16(2)13-19)27-22(30)20-10-5-6-11-21(20)24/h5-11,13,15H,4,12,14H2,1-3H3,(H2,25,26,27,30). The number of aryl methyl sites for hydroxylation is 3. The van der Waals surface area contributed by atoms with E-state index in [-0.39, 0.29) is 11.5 Å². The smallest absolute Gasteiger partial charge is 0.260 e. The molecule has 1 amide bonds. The van der Waals surface area contributed by atoms with Gasteiger partial charge in [0, 0.05) is 24.0 Å². The van der Waals surface area contributed by atoms with Gasteiger partial charge in [-0.1, -0.05) is 31.2 Å². The third-order valence-electron chi connectivity index (χ3n) is 4.54. The number of aliphatic imine (C=N–C) groups is 1. The number of aromatic nitrogens is 2. The van der Waals surface area contributed by atoms with Gasteiger partial charge in [0.25, 0.3) is 5.91 Å². The fourth-order valence-electron chi connectivity index (χ4n) is 3.01. The van der Waals surface area contributed by atoms with Crippen LogP contribution in [0.25, 0.3) is 0 Å². The molecule has 6 nitrogen and oxygen atoms in total. The number of amides is 1. The lowest BCUT2D eigenvalue weighted by Gasteiger charge is -2.12. The van der Waals surface area contributed by atoms with Crippen molar-refractivity contribution in [1.29, 1.82) is 0 Å². The van der Waals surface area contributed by atoms with Crippen molar-refractivity contribution in [2.45, 2.75) is 40.3 Å². The zero-order chi connectivity index (χ0) is 21.5. The van der Waals surface area contributed by atoms with Crippen molar-refractivity contribution in [3.05, 3.63) is 82.9 Å². The van der Waals surface area contributed by atoms with Gasteiger partial charge in [0.1, 0.15) is 5.82 Å². The van der Waals surface area contributed by atoms with Crippen LogP contribution in [0.15, 0.2) is 59.7 Å². The fourth-order valence-corrected chi connectivity index (χ4v) is 3.01. The Hall–Kier alpha value is -3.48. The van der Waals surface area contributed by atoms with E-state index in [4.69, 9.17) is 0 Å². The highest BCUT2D eigenvalue weighted by Gasteiger charge is 2.14. The molecule has 1 heterocycles. The second-order valence-electron chi connectivity index (χ2n) is 7.10. The zero-order valence-corrected chi connectivity index (χ0v) is 17.4. The first-order chi connectivity index (χ1) is 14.5. The molecule has 0 atom stereocenters. The molecular weight excluding hydrogens is 381 g/mol. The quantitative estimate of drug-likeness (QED) is 0.469. The van der Waals surface area contributed by atoms with Gasteiger partial charge < -0.3 is 5.32 Å². The molecule has 3 rings (SSSR count). The summed E-state index contributed by atoms with van der Waals surface area (Å²) in [5.41, 5.74) is 3.66. The van der Waals surface area contributed by atoms with Crippen LogP contribution in [0.4, 0.5) is 10.1 Å². The third-order valence-corrected chi connectivity index (χ3v) is 4.54. The second-order valence-corrected chi connectivity index (χ2v) is 7.10. The molecule has 0 radical (unpaired) electrons. The lowest BCUT2D eigenvalue weighted by Crippen LogP contribution is -2.36. The highest BCUT2D eigenvalue weighted by molar-refractivity contribution is 6.10. The summed E-state index contributed by atoms with van der Waals surface area (Å²) in [6, 6.07) is 13.6. The van der Waals surface area contributed by atoms with E-state index in [0.717, 1.165) is 35.5 Å². The molecule has 0 unspecified atom stereocenters. The number of carbonyl (C=O) groups excluding carboxylic acids is 1. The molecule has 156 valence electrons. The first-order valence-electron chi connectivity index (χ1n) is 9.93. The molecule has 7 heteroatoms. The average molecular weight is 407 g/mol. The van der Waals surface area contributed by atoms with Crippen LogP contribution in [-0.2, 0) is 13.1 Å². The summed E-state index contributed by atoms with van der Waals surface area (Å²) in [6.07, 6.45) is 2.95. The lowest BCUT2D eigenvalue weighted by atomic mass is 10.2. The Kier molecular flexibility index (Phi) is 6.95. The fraction of sp³-hybridized carbons (Fsp3) is 0.261. The van der Waals surface area contributed by atoms with Crippen LogP contribution in [-0.4, -0.2) is 21.6 Å². The summed E-state index contributed by atoms with van der Waals surface area (Å²) in [4.78, 5) is 17.2. The van der Waals surface area contributed by atoms with Crippen LogP contribution >= 0.6 is 0 Å². The van der Waals surface area contributed by atoms with Gasteiger partial charge in [-0.15, -0.1) is 0 Å². The molecule has 0 aliphatic rings. The molecule has 1 aromatic heterocycles. The molecule has 2 N–H and O–H groups in total. The van der Waals surface area contributed by atoms with Crippen LogP contribution in [0.5, 0.6) is 0 Å². The number of hydrogen-bond donors (Lipinski definition) is 2. The molecule has 30 heavy (non-hydrogen) atoms. The minimum absolute atomic E-state index is 0.0387. The number of benzene rings is 2. The normalized spacial score (nSPS) is 11.4. The first-order valence-corrected chi connectivity index (χ1v) is 9.93. The number of carbonyl (C=O) groups is 1.